The van der Waals surface area contributed by atoms with Gasteiger partial charge in [0.15, 0.2) is 5.76 Å². The molecule has 5 nitrogen and oxygen atoms in total. The fourth-order valence-electron chi connectivity index (χ4n) is 3.99. The number of carbonyl (C=O) groups excluding carboxylic acids is 1. The summed E-state index contributed by atoms with van der Waals surface area (Å²) >= 11 is 0. The first-order chi connectivity index (χ1) is 12.7. The number of benzene rings is 1. The Kier molecular flexibility index (Phi) is 5.27. The Morgan fingerprint density at radius 2 is 1.85 bits per heavy atom. The number of allylic oxidation sites excluding steroid dienone is 1. The van der Waals surface area contributed by atoms with Gasteiger partial charge in [0.05, 0.1) is 13.2 Å². The number of nitrogens with zero attached hydrogens (tertiary/aromatic N) is 1. The quantitative estimate of drug-likeness (QED) is 0.795. The summed E-state index contributed by atoms with van der Waals surface area (Å²) < 4.78 is 11.9. The van der Waals surface area contributed by atoms with Gasteiger partial charge in [-0.2, -0.15) is 0 Å². The second-order valence-corrected chi connectivity index (χ2v) is 7.60. The monoisotopic (exact) mass is 357 g/mol. The van der Waals surface area contributed by atoms with Gasteiger partial charge in [-0.1, -0.05) is 37.1 Å². The van der Waals surface area contributed by atoms with Crippen LogP contribution in [0.2, 0.25) is 0 Å². The van der Waals surface area contributed by atoms with E-state index >= 15 is 0 Å². The topological polar surface area (TPSA) is 58.8 Å². The van der Waals surface area contributed by atoms with E-state index in [1.165, 1.54) is 25.7 Å². The average molecular weight is 357 g/mol. The van der Waals surface area contributed by atoms with E-state index < -0.39 is 0 Å². The molecule has 2 aliphatic heterocycles. The van der Waals surface area contributed by atoms with E-state index in [0.717, 1.165) is 30.6 Å². The Morgan fingerprint density at radius 3 is 2.50 bits per heavy atom. The molecule has 4 rings (SSSR count). The van der Waals surface area contributed by atoms with Gasteiger partial charge in [-0.15, -0.1) is 0 Å². The van der Waals surface area contributed by atoms with Crippen molar-refractivity contribution in [2.24, 2.45) is 11.8 Å². The van der Waals surface area contributed by atoms with Crippen molar-refractivity contribution in [1.82, 2.24) is 4.90 Å². The van der Waals surface area contributed by atoms with Gasteiger partial charge in [0.25, 0.3) is 5.91 Å². The lowest BCUT2D eigenvalue weighted by Crippen LogP contribution is -2.31. The van der Waals surface area contributed by atoms with Crippen molar-refractivity contribution in [3.05, 3.63) is 47.2 Å². The van der Waals surface area contributed by atoms with Crippen LogP contribution in [0.1, 0.15) is 43.2 Å². The molecule has 1 aliphatic carbocycles. The van der Waals surface area contributed by atoms with Crippen LogP contribution in [0.3, 0.4) is 0 Å². The molecule has 0 radical (unpaired) electrons. The van der Waals surface area contributed by atoms with Gasteiger partial charge in [0.1, 0.15) is 0 Å². The van der Waals surface area contributed by atoms with Crippen molar-refractivity contribution in [2.75, 3.05) is 13.1 Å². The summed E-state index contributed by atoms with van der Waals surface area (Å²) in [4.78, 5) is 14.3. The normalized spacial score (nSPS) is 25.7. The molecule has 140 valence electrons. The predicted octanol–water partition coefficient (Wildman–Crippen LogP) is 2.97. The number of hydrogen-bond donors (Lipinski definition) is 1. The van der Waals surface area contributed by atoms with Crippen molar-refractivity contribution in [2.45, 2.75) is 51.6 Å². The third-order valence-electron chi connectivity index (χ3n) is 5.68. The van der Waals surface area contributed by atoms with Gasteiger partial charge >= 0.3 is 0 Å². The van der Waals surface area contributed by atoms with Crippen LogP contribution in [0.25, 0.3) is 0 Å². The van der Waals surface area contributed by atoms with Crippen molar-refractivity contribution < 1.29 is 19.4 Å². The summed E-state index contributed by atoms with van der Waals surface area (Å²) in [6, 6.07) is 7.72. The summed E-state index contributed by atoms with van der Waals surface area (Å²) in [6.07, 6.45) is 7.55. The summed E-state index contributed by atoms with van der Waals surface area (Å²) in [5.41, 5.74) is 1.93. The molecule has 1 amide bonds. The summed E-state index contributed by atoms with van der Waals surface area (Å²) in [5.74, 6) is 1.50. The molecule has 1 aromatic carbocycles. The smallest absolute Gasteiger partial charge is 0.288 e. The third kappa shape index (κ3) is 4.10. The minimum absolute atomic E-state index is 0.00796. The summed E-state index contributed by atoms with van der Waals surface area (Å²) in [7, 11) is 0. The van der Waals surface area contributed by atoms with Crippen LogP contribution in [0.5, 0.6) is 0 Å². The maximum Gasteiger partial charge on any atom is 0.288 e. The SMILES string of the molecule is O=C(C1=C[C@@H](C2CCCC2)C[C@@H](OCc2ccc(CO)cc2)O1)N1CC1. The Hall–Kier alpha value is -1.85. The van der Waals surface area contributed by atoms with Crippen molar-refractivity contribution in [3.8, 4) is 0 Å². The van der Waals surface area contributed by atoms with Crippen molar-refractivity contribution in [3.63, 3.8) is 0 Å². The van der Waals surface area contributed by atoms with E-state index in [-0.39, 0.29) is 18.8 Å². The molecule has 1 aromatic rings. The first-order valence-electron chi connectivity index (χ1n) is 9.71. The number of hydrogen-bond acceptors (Lipinski definition) is 4. The molecular weight excluding hydrogens is 330 g/mol. The highest BCUT2D eigenvalue weighted by molar-refractivity contribution is 5.93. The van der Waals surface area contributed by atoms with E-state index in [1.54, 1.807) is 4.90 Å². The minimum atomic E-state index is -0.373. The number of aliphatic hydroxyl groups is 1. The second-order valence-electron chi connectivity index (χ2n) is 7.60. The van der Waals surface area contributed by atoms with Gasteiger partial charge in [0.2, 0.25) is 6.29 Å². The first-order valence-corrected chi connectivity index (χ1v) is 9.71. The number of ether oxygens (including phenoxy) is 2. The van der Waals surface area contributed by atoms with Crippen LogP contribution in [0.4, 0.5) is 0 Å². The van der Waals surface area contributed by atoms with Crippen LogP contribution in [0, 0.1) is 11.8 Å². The third-order valence-corrected chi connectivity index (χ3v) is 5.68. The van der Waals surface area contributed by atoms with Gasteiger partial charge in [-0.3, -0.25) is 4.79 Å². The molecule has 2 atom stereocenters. The molecule has 1 saturated carbocycles. The predicted molar refractivity (Wildman–Crippen MR) is 96.8 cm³/mol. The lowest BCUT2D eigenvalue weighted by molar-refractivity contribution is -0.157. The molecule has 2 fully saturated rings. The highest BCUT2D eigenvalue weighted by atomic mass is 16.7. The van der Waals surface area contributed by atoms with Crippen LogP contribution in [-0.2, 0) is 27.5 Å². The number of rotatable bonds is 6. The van der Waals surface area contributed by atoms with Crippen molar-refractivity contribution in [1.29, 1.82) is 0 Å². The Bertz CT molecular complexity index is 659. The highest BCUT2D eigenvalue weighted by Crippen LogP contribution is 2.38. The molecule has 1 saturated heterocycles. The summed E-state index contributed by atoms with van der Waals surface area (Å²) in [5, 5.41) is 9.13. The van der Waals surface area contributed by atoms with Crippen LogP contribution >= 0.6 is 0 Å². The molecule has 0 unspecified atom stereocenters. The lowest BCUT2D eigenvalue weighted by Gasteiger charge is -2.32. The minimum Gasteiger partial charge on any atom is -0.459 e. The zero-order valence-corrected chi connectivity index (χ0v) is 15.1. The Morgan fingerprint density at radius 1 is 1.15 bits per heavy atom. The molecular formula is C21H27NO4. The molecule has 5 heteroatoms. The number of aliphatic hydroxyl groups excluding tert-OH is 1. The zero-order valence-electron chi connectivity index (χ0n) is 15.1. The van der Waals surface area contributed by atoms with E-state index in [1.807, 2.05) is 24.3 Å². The zero-order chi connectivity index (χ0) is 17.9. The van der Waals surface area contributed by atoms with Gasteiger partial charge in [-0.25, -0.2) is 0 Å². The fraction of sp³-hybridized carbons (Fsp3) is 0.571. The fourth-order valence-corrected chi connectivity index (χ4v) is 3.99. The first kappa shape index (κ1) is 17.6. The second kappa shape index (κ2) is 7.80. The van der Waals surface area contributed by atoms with Crippen molar-refractivity contribution >= 4 is 5.91 Å². The number of amides is 1. The van der Waals surface area contributed by atoms with E-state index in [2.05, 4.69) is 6.08 Å². The maximum atomic E-state index is 12.5. The van der Waals surface area contributed by atoms with Gasteiger partial charge in [0, 0.05) is 19.5 Å². The average Bonchev–Trinajstić information content (AvgIpc) is 3.39. The van der Waals surface area contributed by atoms with Gasteiger partial charge < -0.3 is 19.5 Å². The van der Waals surface area contributed by atoms with E-state index in [4.69, 9.17) is 14.6 Å². The van der Waals surface area contributed by atoms with Crippen LogP contribution < -0.4 is 0 Å². The van der Waals surface area contributed by atoms with E-state index in [9.17, 15) is 4.79 Å². The molecule has 0 aromatic heterocycles. The van der Waals surface area contributed by atoms with Gasteiger partial charge in [-0.05, 0) is 41.9 Å². The van der Waals surface area contributed by atoms with Crippen LogP contribution in [-0.4, -0.2) is 35.3 Å². The molecule has 2 heterocycles. The molecule has 1 N–H and O–H groups in total. The largest absolute Gasteiger partial charge is 0.459 e. The molecule has 0 spiro atoms. The van der Waals surface area contributed by atoms with E-state index in [0.29, 0.717) is 24.2 Å². The Labute approximate surface area is 154 Å². The number of carbonyl (C=O) groups is 1. The van der Waals surface area contributed by atoms with Crippen LogP contribution in [0.15, 0.2) is 36.1 Å². The summed E-state index contributed by atoms with van der Waals surface area (Å²) in [6.45, 7) is 2.15. The Balaban J connectivity index is 1.41. The molecule has 0 bridgehead atoms. The lowest BCUT2D eigenvalue weighted by atomic mass is 9.86. The standard InChI is InChI=1S/C21H27NO4/c23-13-15-5-7-16(8-6-15)14-25-20-12-18(17-3-1-2-4-17)11-19(26-20)21(24)22-9-10-22/h5-8,11,17-18,20,23H,1-4,9-10,12-14H2/t18-,20+/m1/s1. The maximum absolute atomic E-state index is 12.5. The highest BCUT2D eigenvalue weighted by Gasteiger charge is 2.36. The molecule has 3 aliphatic rings. The molecule has 26 heavy (non-hydrogen) atoms.